The highest BCUT2D eigenvalue weighted by Gasteiger charge is 2.73. The van der Waals surface area contributed by atoms with Gasteiger partial charge >= 0.3 is 24.7 Å². The van der Waals surface area contributed by atoms with Crippen LogP contribution in [0.25, 0.3) is 0 Å². The van der Waals surface area contributed by atoms with Crippen molar-refractivity contribution in [1.82, 2.24) is 0 Å². The van der Waals surface area contributed by atoms with Crippen LogP contribution in [0.5, 0.6) is 0 Å². The van der Waals surface area contributed by atoms with Crippen LogP contribution in [0.4, 0.5) is 52.7 Å². The van der Waals surface area contributed by atoms with E-state index >= 15 is 0 Å². The van der Waals surface area contributed by atoms with Crippen LogP contribution in [-0.2, 0) is 0 Å². The van der Waals surface area contributed by atoms with E-state index in [1.807, 2.05) is 0 Å². The zero-order chi connectivity index (χ0) is 15.2. The maximum absolute atomic E-state index is 11.8. The Morgan fingerprint density at radius 2 is 0.444 bits per heavy atom. The summed E-state index contributed by atoms with van der Waals surface area (Å²) in [6, 6.07) is 0. The van der Waals surface area contributed by atoms with Gasteiger partial charge in [0.2, 0.25) is 0 Å². The first kappa shape index (κ1) is 17.2. The fraction of sp³-hybridized carbons (Fsp3) is 1.00. The van der Waals surface area contributed by atoms with Gasteiger partial charge in [-0.15, -0.1) is 0 Å². The minimum absolute atomic E-state index is 5.55. The molecule has 0 bridgehead atoms. The number of hydrogen-bond donors (Lipinski definition) is 0. The molecule has 0 heterocycles. The molecule has 110 valence electrons. The molecule has 0 aliphatic heterocycles. The van der Waals surface area contributed by atoms with E-state index in [1.165, 1.54) is 0 Å². The molecule has 0 aromatic carbocycles. The van der Waals surface area contributed by atoms with Gasteiger partial charge in [0.05, 0.1) is 0 Å². The van der Waals surface area contributed by atoms with Gasteiger partial charge in [0, 0.05) is 0 Å². The SMILES string of the molecule is FC(F)(F)C(C(C(F)(F)F)C(F)(F)F)C(F)(F)F. The second kappa shape index (κ2) is 4.37. The smallest absolute Gasteiger partial charge is 0.170 e. The monoisotopic (exact) mass is 302 g/mol. The van der Waals surface area contributed by atoms with E-state index < -0.39 is 36.5 Å². The van der Waals surface area contributed by atoms with Crippen LogP contribution in [0.1, 0.15) is 0 Å². The Morgan fingerprint density at radius 1 is 0.333 bits per heavy atom. The van der Waals surface area contributed by atoms with E-state index in [-0.39, 0.29) is 0 Å². The second-order valence-corrected chi connectivity index (χ2v) is 3.12. The van der Waals surface area contributed by atoms with Crippen molar-refractivity contribution in [3.05, 3.63) is 0 Å². The lowest BCUT2D eigenvalue weighted by Crippen LogP contribution is -2.53. The van der Waals surface area contributed by atoms with Gasteiger partial charge in [-0.05, 0) is 0 Å². The van der Waals surface area contributed by atoms with Crippen LogP contribution in [0.3, 0.4) is 0 Å². The largest absolute Gasteiger partial charge is 0.401 e. The topological polar surface area (TPSA) is 0 Å². The maximum atomic E-state index is 11.8. The maximum Gasteiger partial charge on any atom is 0.401 e. The lowest BCUT2D eigenvalue weighted by Gasteiger charge is -2.33. The molecule has 0 aliphatic rings. The quantitative estimate of drug-likeness (QED) is 0.627. The number of alkyl halides is 12. The molecule has 18 heavy (non-hydrogen) atoms. The van der Waals surface area contributed by atoms with Crippen molar-refractivity contribution >= 4 is 0 Å². The first-order chi connectivity index (χ1) is 7.49. The van der Waals surface area contributed by atoms with Gasteiger partial charge in [-0.1, -0.05) is 0 Å². The van der Waals surface area contributed by atoms with Gasteiger partial charge in [0.25, 0.3) is 0 Å². The summed E-state index contributed by atoms with van der Waals surface area (Å²) < 4.78 is 142. The third-order valence-electron chi connectivity index (χ3n) is 1.74. The Balaban J connectivity index is 5.84. The molecular weight excluding hydrogens is 300 g/mol. The molecule has 0 saturated carbocycles. The summed E-state index contributed by atoms with van der Waals surface area (Å²) in [5.74, 6) is -11.1. The van der Waals surface area contributed by atoms with Crippen molar-refractivity contribution in [3.63, 3.8) is 0 Å². The fourth-order valence-electron chi connectivity index (χ4n) is 1.13. The Bertz CT molecular complexity index is 215. The normalized spacial score (nSPS) is 15.7. The minimum atomic E-state index is -6.73. The molecule has 0 nitrogen and oxygen atoms in total. The highest BCUT2D eigenvalue weighted by molar-refractivity contribution is 4.90. The van der Waals surface area contributed by atoms with E-state index in [2.05, 4.69) is 0 Å². The van der Waals surface area contributed by atoms with Crippen molar-refractivity contribution in [2.45, 2.75) is 24.7 Å². The lowest BCUT2D eigenvalue weighted by atomic mass is 9.89. The average Bonchev–Trinajstić information content (AvgIpc) is 1.89. The lowest BCUT2D eigenvalue weighted by molar-refractivity contribution is -0.381. The van der Waals surface area contributed by atoms with Gasteiger partial charge in [0.15, 0.2) is 11.8 Å². The van der Waals surface area contributed by atoms with Crippen molar-refractivity contribution < 1.29 is 52.7 Å². The Hall–Kier alpha value is -0.840. The molecule has 0 radical (unpaired) electrons. The number of hydrogen-bond acceptors (Lipinski definition) is 0. The Labute approximate surface area is 90.6 Å². The minimum Gasteiger partial charge on any atom is -0.170 e. The molecular formula is C6H2F12. The highest BCUT2D eigenvalue weighted by Crippen LogP contribution is 2.54. The fourth-order valence-corrected chi connectivity index (χ4v) is 1.13. The van der Waals surface area contributed by atoms with Gasteiger partial charge in [-0.3, -0.25) is 0 Å². The molecule has 12 heteroatoms. The predicted octanol–water partition coefficient (Wildman–Crippen LogP) is 4.47. The Kier molecular flexibility index (Phi) is 4.16. The summed E-state index contributed by atoms with van der Waals surface area (Å²) in [6.45, 7) is 0. The van der Waals surface area contributed by atoms with Gasteiger partial charge in [0.1, 0.15) is 0 Å². The molecule has 0 aromatic heterocycles. The second-order valence-electron chi connectivity index (χ2n) is 3.12. The number of halogens is 12. The van der Waals surface area contributed by atoms with Crippen LogP contribution in [-0.4, -0.2) is 24.7 Å². The summed E-state index contributed by atoms with van der Waals surface area (Å²) in [7, 11) is 0. The zero-order valence-corrected chi connectivity index (χ0v) is 7.69. The van der Waals surface area contributed by atoms with Crippen LogP contribution in [0, 0.1) is 11.8 Å². The molecule has 0 atom stereocenters. The first-order valence-electron chi connectivity index (χ1n) is 3.76. The molecule has 0 aliphatic carbocycles. The van der Waals surface area contributed by atoms with Crippen molar-refractivity contribution in [2.24, 2.45) is 11.8 Å². The Morgan fingerprint density at radius 3 is 0.500 bits per heavy atom. The van der Waals surface area contributed by atoms with Gasteiger partial charge in [-0.2, -0.15) is 52.7 Å². The third-order valence-corrected chi connectivity index (χ3v) is 1.74. The summed E-state index contributed by atoms with van der Waals surface area (Å²) >= 11 is 0. The van der Waals surface area contributed by atoms with Crippen molar-refractivity contribution in [3.8, 4) is 0 Å². The predicted molar refractivity (Wildman–Crippen MR) is 31.2 cm³/mol. The molecule has 0 rings (SSSR count). The summed E-state index contributed by atoms with van der Waals surface area (Å²) in [6.07, 6.45) is -26.9. The molecule has 0 fully saturated rings. The standard InChI is InChI=1S/C6H2F12/c7-3(8,9)1(4(10,11)12)2(5(13,14)15)6(16,17)18/h1-2H. The van der Waals surface area contributed by atoms with Gasteiger partial charge in [-0.25, -0.2) is 0 Å². The molecule has 0 spiro atoms. The van der Waals surface area contributed by atoms with Crippen molar-refractivity contribution in [1.29, 1.82) is 0 Å². The van der Waals surface area contributed by atoms with E-state index in [0.717, 1.165) is 0 Å². The van der Waals surface area contributed by atoms with E-state index in [4.69, 9.17) is 0 Å². The summed E-state index contributed by atoms with van der Waals surface area (Å²) in [5, 5.41) is 0. The molecule has 0 unspecified atom stereocenters. The van der Waals surface area contributed by atoms with Crippen LogP contribution in [0.15, 0.2) is 0 Å². The summed E-state index contributed by atoms with van der Waals surface area (Å²) in [5.41, 5.74) is 0. The number of rotatable bonds is 1. The van der Waals surface area contributed by atoms with Crippen molar-refractivity contribution in [2.75, 3.05) is 0 Å². The first-order valence-corrected chi connectivity index (χ1v) is 3.76. The molecule has 0 amide bonds. The average molecular weight is 302 g/mol. The third kappa shape index (κ3) is 4.12. The van der Waals surface area contributed by atoms with Crippen LogP contribution < -0.4 is 0 Å². The van der Waals surface area contributed by atoms with E-state index in [1.54, 1.807) is 0 Å². The van der Waals surface area contributed by atoms with Crippen LogP contribution >= 0.6 is 0 Å². The highest BCUT2D eigenvalue weighted by atomic mass is 19.4. The van der Waals surface area contributed by atoms with E-state index in [0.29, 0.717) is 0 Å². The van der Waals surface area contributed by atoms with E-state index in [9.17, 15) is 52.7 Å². The zero-order valence-electron chi connectivity index (χ0n) is 7.69. The molecule has 0 N–H and O–H groups in total. The van der Waals surface area contributed by atoms with Crippen LogP contribution in [0.2, 0.25) is 0 Å². The summed E-state index contributed by atoms with van der Waals surface area (Å²) in [4.78, 5) is 0. The molecule has 0 aromatic rings. The van der Waals surface area contributed by atoms with Gasteiger partial charge < -0.3 is 0 Å². The molecule has 0 saturated heterocycles.